The van der Waals surface area contributed by atoms with E-state index in [9.17, 15) is 0 Å². The van der Waals surface area contributed by atoms with Gasteiger partial charge < -0.3 is 4.57 Å². The molecule has 0 spiro atoms. The van der Waals surface area contributed by atoms with E-state index in [1.807, 2.05) is 6.33 Å². The Labute approximate surface area is 180 Å². The molecular weight excluding hydrogens is 370 g/mol. The Balaban J connectivity index is 1.42. The zero-order chi connectivity index (χ0) is 21.1. The first-order valence-corrected chi connectivity index (χ1v) is 11.9. The number of rotatable bonds is 3. The van der Waals surface area contributed by atoms with E-state index in [0.29, 0.717) is 11.3 Å². The second-order valence-corrected chi connectivity index (χ2v) is 11.0. The van der Waals surface area contributed by atoms with Crippen molar-refractivity contribution in [2.45, 2.75) is 84.6 Å². The van der Waals surface area contributed by atoms with Gasteiger partial charge in [-0.05, 0) is 79.6 Å². The van der Waals surface area contributed by atoms with Gasteiger partial charge >= 0.3 is 0 Å². The van der Waals surface area contributed by atoms with Crippen molar-refractivity contribution in [1.82, 2.24) is 9.55 Å². The quantitative estimate of drug-likeness (QED) is 0.229. The third-order valence-electron chi connectivity index (χ3n) is 9.30. The molecule has 0 bridgehead atoms. The second-order valence-electron chi connectivity index (χ2n) is 11.0. The molecule has 0 saturated heterocycles. The lowest BCUT2D eigenvalue weighted by Gasteiger charge is -2.57. The summed E-state index contributed by atoms with van der Waals surface area (Å²) in [6.45, 7) is 9.46. The van der Waals surface area contributed by atoms with Crippen LogP contribution in [-0.4, -0.2) is 15.6 Å². The van der Waals surface area contributed by atoms with Crippen LogP contribution in [0.3, 0.4) is 0 Å². The molecule has 160 valence electrons. The van der Waals surface area contributed by atoms with Crippen LogP contribution in [0.5, 0.6) is 0 Å². The van der Waals surface area contributed by atoms with Crippen LogP contribution in [0.25, 0.3) is 16.1 Å². The molecule has 3 unspecified atom stereocenters. The van der Waals surface area contributed by atoms with Crippen LogP contribution in [0, 0.1) is 28.6 Å². The van der Waals surface area contributed by atoms with Gasteiger partial charge in [-0.3, -0.25) is 0 Å². The fraction of sp³-hybridized carbons (Fsp3) is 0.720. The van der Waals surface area contributed by atoms with E-state index in [4.69, 9.17) is 5.53 Å². The van der Waals surface area contributed by atoms with E-state index >= 15 is 0 Å². The van der Waals surface area contributed by atoms with Crippen LogP contribution in [0.1, 0.15) is 84.3 Å². The Bertz CT molecular complexity index is 948. The smallest absolute Gasteiger partial charge is 0.0992 e. The number of hydrogen-bond acceptors (Lipinski definition) is 2. The molecule has 2 fully saturated rings. The van der Waals surface area contributed by atoms with Gasteiger partial charge in [0.2, 0.25) is 0 Å². The largest absolute Gasteiger partial charge is 0.310 e. The summed E-state index contributed by atoms with van der Waals surface area (Å²) in [6, 6.07) is 0.163. The van der Waals surface area contributed by atoms with Gasteiger partial charge in [-0.25, -0.2) is 4.98 Å². The number of imidazole rings is 1. The second kappa shape index (κ2) is 7.02. The van der Waals surface area contributed by atoms with Gasteiger partial charge in [0.15, 0.2) is 0 Å². The molecule has 0 amide bonds. The molecule has 0 aliphatic heterocycles. The molecule has 2 saturated carbocycles. The molecule has 5 nitrogen and oxygen atoms in total. The van der Waals surface area contributed by atoms with Crippen molar-refractivity contribution in [3.63, 3.8) is 0 Å². The summed E-state index contributed by atoms with van der Waals surface area (Å²) in [5, 5.41) is 4.05. The van der Waals surface area contributed by atoms with Crippen LogP contribution >= 0.6 is 0 Å². The molecule has 5 rings (SSSR count). The number of azide groups is 1. The third kappa shape index (κ3) is 2.81. The SMILES string of the molecule is CC(C)c1cn(C2=CCC3C4CC=C5C[C@@H](N=[N+]=[N-])CC[C@]5(C)C4CC[C@]23C)cn1. The van der Waals surface area contributed by atoms with E-state index < -0.39 is 0 Å². The van der Waals surface area contributed by atoms with Gasteiger partial charge in [-0.1, -0.05) is 50.5 Å². The van der Waals surface area contributed by atoms with Crippen LogP contribution in [0.4, 0.5) is 0 Å². The van der Waals surface area contributed by atoms with Gasteiger partial charge in [0.05, 0.1) is 12.0 Å². The molecule has 30 heavy (non-hydrogen) atoms. The molecule has 6 atom stereocenters. The number of aromatic nitrogens is 2. The monoisotopic (exact) mass is 405 g/mol. The van der Waals surface area contributed by atoms with Crippen molar-refractivity contribution in [2.75, 3.05) is 0 Å². The fourth-order valence-electron chi connectivity index (χ4n) is 7.53. The lowest BCUT2D eigenvalue weighted by Crippen LogP contribution is -2.49. The first-order chi connectivity index (χ1) is 14.4. The highest BCUT2D eigenvalue weighted by molar-refractivity contribution is 5.57. The number of allylic oxidation sites excluding steroid dienone is 3. The van der Waals surface area contributed by atoms with E-state index in [2.05, 4.69) is 65.6 Å². The average molecular weight is 406 g/mol. The molecular formula is C25H35N5. The maximum atomic E-state index is 8.87. The Kier molecular flexibility index (Phi) is 4.66. The first kappa shape index (κ1) is 19.9. The molecule has 0 N–H and O–H groups in total. The molecule has 4 aliphatic carbocycles. The molecule has 1 aromatic heterocycles. The Hall–Kier alpha value is -2.00. The predicted molar refractivity (Wildman–Crippen MR) is 121 cm³/mol. The molecule has 0 radical (unpaired) electrons. The van der Waals surface area contributed by atoms with Crippen molar-refractivity contribution in [1.29, 1.82) is 0 Å². The van der Waals surface area contributed by atoms with Gasteiger partial charge in [0, 0.05) is 28.3 Å². The minimum absolute atomic E-state index is 0.163. The maximum absolute atomic E-state index is 8.87. The molecule has 0 aromatic carbocycles. The van der Waals surface area contributed by atoms with Gasteiger partial charge in [-0.2, -0.15) is 0 Å². The van der Waals surface area contributed by atoms with Crippen molar-refractivity contribution in [3.8, 4) is 0 Å². The summed E-state index contributed by atoms with van der Waals surface area (Å²) < 4.78 is 2.33. The van der Waals surface area contributed by atoms with Gasteiger partial charge in [0.1, 0.15) is 0 Å². The summed E-state index contributed by atoms with van der Waals surface area (Å²) in [7, 11) is 0. The minimum atomic E-state index is 0.163. The predicted octanol–water partition coefficient (Wildman–Crippen LogP) is 7.10. The fourth-order valence-corrected chi connectivity index (χ4v) is 7.53. The van der Waals surface area contributed by atoms with Crippen molar-refractivity contribution < 1.29 is 0 Å². The normalized spacial score (nSPS) is 40.0. The number of hydrogen-bond donors (Lipinski definition) is 0. The van der Waals surface area contributed by atoms with E-state index in [1.165, 1.54) is 43.5 Å². The number of nitrogens with zero attached hydrogens (tertiary/aromatic N) is 5. The zero-order valence-corrected chi connectivity index (χ0v) is 18.9. The summed E-state index contributed by atoms with van der Waals surface area (Å²) in [5.41, 5.74) is 13.7. The Morgan fingerprint density at radius 3 is 2.67 bits per heavy atom. The summed E-state index contributed by atoms with van der Waals surface area (Å²) in [5.74, 6) is 2.72. The first-order valence-electron chi connectivity index (χ1n) is 11.9. The zero-order valence-electron chi connectivity index (χ0n) is 18.9. The number of fused-ring (bicyclic) bond motifs is 5. The van der Waals surface area contributed by atoms with E-state index in [-0.39, 0.29) is 11.5 Å². The van der Waals surface area contributed by atoms with E-state index in [0.717, 1.165) is 30.6 Å². The van der Waals surface area contributed by atoms with Crippen LogP contribution in [-0.2, 0) is 0 Å². The minimum Gasteiger partial charge on any atom is -0.310 e. The molecule has 1 aromatic rings. The van der Waals surface area contributed by atoms with Crippen molar-refractivity contribution in [3.05, 3.63) is 46.4 Å². The maximum Gasteiger partial charge on any atom is 0.0992 e. The highest BCUT2D eigenvalue weighted by Crippen LogP contribution is 2.65. The van der Waals surface area contributed by atoms with Crippen molar-refractivity contribution in [2.24, 2.45) is 33.7 Å². The summed E-state index contributed by atoms with van der Waals surface area (Å²) >= 11 is 0. The standard InChI is InChI=1S/C25H35N5/c1-16(2)22-14-30(15-27-22)23-8-7-20-19-6-5-17-13-18(28-29-26)9-11-24(17,3)21(19)10-12-25(20,23)4/h5,8,14-16,18-21H,6-7,9-13H2,1-4H3/t18-,19?,20?,21?,24-,25-/m0/s1. The summed E-state index contributed by atoms with van der Waals surface area (Å²) in [6.07, 6.45) is 17.5. The molecule has 1 heterocycles. The average Bonchev–Trinajstić information content (AvgIpc) is 3.32. The molecule has 5 heteroatoms. The topological polar surface area (TPSA) is 66.6 Å². The van der Waals surface area contributed by atoms with Crippen LogP contribution in [0.2, 0.25) is 0 Å². The third-order valence-corrected chi connectivity index (χ3v) is 9.30. The lowest BCUT2D eigenvalue weighted by molar-refractivity contribution is -0.0127. The van der Waals surface area contributed by atoms with E-state index in [1.54, 1.807) is 5.57 Å². The van der Waals surface area contributed by atoms with Crippen LogP contribution < -0.4 is 0 Å². The van der Waals surface area contributed by atoms with Crippen molar-refractivity contribution >= 4 is 5.70 Å². The molecule has 4 aliphatic rings. The summed E-state index contributed by atoms with van der Waals surface area (Å²) in [4.78, 5) is 7.76. The Morgan fingerprint density at radius 1 is 1.13 bits per heavy atom. The highest BCUT2D eigenvalue weighted by Gasteiger charge is 2.57. The van der Waals surface area contributed by atoms with Gasteiger partial charge in [-0.15, -0.1) is 0 Å². The highest BCUT2D eigenvalue weighted by atomic mass is 15.1. The lowest BCUT2D eigenvalue weighted by atomic mass is 9.47. The van der Waals surface area contributed by atoms with Gasteiger partial charge in [0.25, 0.3) is 0 Å². The van der Waals surface area contributed by atoms with Crippen LogP contribution in [0.15, 0.2) is 35.4 Å². The Morgan fingerprint density at radius 2 is 1.93 bits per heavy atom.